The van der Waals surface area contributed by atoms with E-state index < -0.39 is 0 Å². The molecule has 0 aliphatic rings. The Hall–Kier alpha value is -3.06. The summed E-state index contributed by atoms with van der Waals surface area (Å²) < 4.78 is 11.9. The number of amides is 1. The van der Waals surface area contributed by atoms with Crippen molar-refractivity contribution in [1.29, 1.82) is 0 Å². The van der Waals surface area contributed by atoms with E-state index >= 15 is 0 Å². The first-order chi connectivity index (χ1) is 13.2. The van der Waals surface area contributed by atoms with Gasteiger partial charge < -0.3 is 19.8 Å². The summed E-state index contributed by atoms with van der Waals surface area (Å²) in [5.74, 6) is 0.688. The van der Waals surface area contributed by atoms with Crippen molar-refractivity contribution in [3.05, 3.63) is 54.3 Å². The van der Waals surface area contributed by atoms with Crippen molar-refractivity contribution < 1.29 is 13.9 Å². The fourth-order valence-corrected chi connectivity index (χ4v) is 3.77. The van der Waals surface area contributed by atoms with Crippen molar-refractivity contribution in [3.8, 4) is 5.75 Å². The van der Waals surface area contributed by atoms with Gasteiger partial charge in [-0.25, -0.2) is 4.98 Å². The van der Waals surface area contributed by atoms with E-state index in [-0.39, 0.29) is 12.3 Å². The summed E-state index contributed by atoms with van der Waals surface area (Å²) in [7, 11) is 1.61. The normalized spacial score (nSPS) is 11.0. The van der Waals surface area contributed by atoms with Crippen molar-refractivity contribution >= 4 is 43.6 Å². The third kappa shape index (κ3) is 3.88. The van der Waals surface area contributed by atoms with Crippen molar-refractivity contribution in [2.75, 3.05) is 25.5 Å². The number of fused-ring (bicyclic) bond motifs is 2. The van der Waals surface area contributed by atoms with E-state index in [9.17, 15) is 4.79 Å². The van der Waals surface area contributed by atoms with Crippen molar-refractivity contribution in [2.45, 2.75) is 6.42 Å². The van der Waals surface area contributed by atoms with Gasteiger partial charge in [-0.2, -0.15) is 0 Å². The molecule has 0 fully saturated rings. The minimum Gasteiger partial charge on any atom is -0.497 e. The number of para-hydroxylation sites is 1. The Morgan fingerprint density at radius 2 is 2.11 bits per heavy atom. The van der Waals surface area contributed by atoms with Gasteiger partial charge in [0.25, 0.3) is 0 Å². The Balaban J connectivity index is 1.28. The van der Waals surface area contributed by atoms with E-state index in [0.29, 0.717) is 13.1 Å². The monoisotopic (exact) mass is 381 g/mol. The van der Waals surface area contributed by atoms with Crippen LogP contribution in [0, 0.1) is 0 Å². The fraction of sp³-hybridized carbons (Fsp3) is 0.200. The maximum Gasteiger partial charge on any atom is 0.224 e. The predicted molar refractivity (Wildman–Crippen MR) is 108 cm³/mol. The lowest BCUT2D eigenvalue weighted by atomic mass is 10.1. The number of ether oxygens (including phenoxy) is 1. The highest BCUT2D eigenvalue weighted by molar-refractivity contribution is 7.22. The van der Waals surface area contributed by atoms with Crippen LogP contribution < -0.4 is 15.4 Å². The zero-order chi connectivity index (χ0) is 18.6. The van der Waals surface area contributed by atoms with Gasteiger partial charge in [0.1, 0.15) is 11.3 Å². The van der Waals surface area contributed by atoms with E-state index in [1.54, 1.807) is 24.7 Å². The van der Waals surface area contributed by atoms with Gasteiger partial charge in [0.15, 0.2) is 5.13 Å². The molecule has 4 rings (SSSR count). The second kappa shape index (κ2) is 7.67. The molecular formula is C20H19N3O3S. The molecule has 2 aromatic heterocycles. The Kier molecular flexibility index (Phi) is 4.93. The maximum absolute atomic E-state index is 12.2. The summed E-state index contributed by atoms with van der Waals surface area (Å²) in [5, 5.41) is 7.96. The topological polar surface area (TPSA) is 76.4 Å². The molecule has 2 heterocycles. The van der Waals surface area contributed by atoms with Crippen LogP contribution in [0.15, 0.2) is 53.1 Å². The van der Waals surface area contributed by atoms with Gasteiger partial charge in [-0.05, 0) is 24.3 Å². The van der Waals surface area contributed by atoms with Gasteiger partial charge in [-0.1, -0.05) is 23.5 Å². The first-order valence-electron chi connectivity index (χ1n) is 8.63. The van der Waals surface area contributed by atoms with Gasteiger partial charge in [0, 0.05) is 30.1 Å². The third-order valence-electron chi connectivity index (χ3n) is 4.23. The molecule has 1 amide bonds. The van der Waals surface area contributed by atoms with E-state index in [1.165, 1.54) is 0 Å². The molecule has 2 aromatic carbocycles. The smallest absolute Gasteiger partial charge is 0.224 e. The van der Waals surface area contributed by atoms with Gasteiger partial charge >= 0.3 is 0 Å². The molecule has 0 aliphatic heterocycles. The summed E-state index contributed by atoms with van der Waals surface area (Å²) in [6.45, 7) is 1.15. The molecule has 0 bridgehead atoms. The number of nitrogens with zero attached hydrogens (tertiary/aromatic N) is 1. The molecule has 2 N–H and O–H groups in total. The van der Waals surface area contributed by atoms with Crippen LogP contribution >= 0.6 is 11.3 Å². The zero-order valence-corrected chi connectivity index (χ0v) is 15.6. The molecule has 138 valence electrons. The first kappa shape index (κ1) is 17.4. The summed E-state index contributed by atoms with van der Waals surface area (Å²) in [6, 6.07) is 13.6. The molecule has 27 heavy (non-hydrogen) atoms. The molecule has 0 aliphatic carbocycles. The number of aromatic nitrogens is 1. The highest BCUT2D eigenvalue weighted by Crippen LogP contribution is 2.26. The van der Waals surface area contributed by atoms with Crippen LogP contribution in [0.3, 0.4) is 0 Å². The van der Waals surface area contributed by atoms with Crippen LogP contribution in [0.4, 0.5) is 5.13 Å². The van der Waals surface area contributed by atoms with Crippen LogP contribution in [0.1, 0.15) is 5.56 Å². The molecule has 6 nitrogen and oxygen atoms in total. The van der Waals surface area contributed by atoms with Crippen molar-refractivity contribution in [2.24, 2.45) is 0 Å². The quantitative estimate of drug-likeness (QED) is 0.476. The van der Waals surface area contributed by atoms with Gasteiger partial charge in [0.2, 0.25) is 5.91 Å². The Morgan fingerprint density at radius 1 is 1.22 bits per heavy atom. The molecule has 0 radical (unpaired) electrons. The zero-order valence-electron chi connectivity index (χ0n) is 14.8. The number of carbonyl (C=O) groups excluding carboxylic acids is 1. The molecular weight excluding hydrogens is 362 g/mol. The van der Waals surface area contributed by atoms with Crippen molar-refractivity contribution in [3.63, 3.8) is 0 Å². The number of thiazole rings is 1. The number of carbonyl (C=O) groups is 1. The van der Waals surface area contributed by atoms with Gasteiger partial charge in [-0.3, -0.25) is 4.79 Å². The van der Waals surface area contributed by atoms with E-state index in [2.05, 4.69) is 15.6 Å². The van der Waals surface area contributed by atoms with Gasteiger partial charge in [0.05, 0.1) is 30.0 Å². The molecule has 0 saturated heterocycles. The third-order valence-corrected chi connectivity index (χ3v) is 5.23. The molecule has 0 spiro atoms. The number of hydrogen-bond acceptors (Lipinski definition) is 6. The summed E-state index contributed by atoms with van der Waals surface area (Å²) in [4.78, 5) is 16.7. The van der Waals surface area contributed by atoms with E-state index in [0.717, 1.165) is 37.6 Å². The number of methoxy groups -OCH3 is 1. The standard InChI is InChI=1S/C20H19N3O3S/c1-25-14-6-7-15-13(12-26-17(15)11-14)10-19(24)21-8-9-22-20-23-16-4-2-3-5-18(16)27-20/h2-7,11-12H,8-10H2,1H3,(H,21,24)(H,22,23). The van der Waals surface area contributed by atoms with Crippen LogP contribution in [0.25, 0.3) is 21.2 Å². The number of hydrogen-bond donors (Lipinski definition) is 2. The number of anilines is 1. The Bertz CT molecular complexity index is 1050. The SMILES string of the molecule is COc1ccc2c(CC(=O)NCCNc3nc4ccccc4s3)coc2c1. The fourth-order valence-electron chi connectivity index (χ4n) is 2.88. The summed E-state index contributed by atoms with van der Waals surface area (Å²) in [5.41, 5.74) is 2.57. The highest BCUT2D eigenvalue weighted by Gasteiger charge is 2.11. The molecule has 4 aromatic rings. The average molecular weight is 381 g/mol. The number of nitrogens with one attached hydrogen (secondary N) is 2. The number of furan rings is 1. The lowest BCUT2D eigenvalue weighted by molar-refractivity contribution is -0.120. The minimum atomic E-state index is -0.0420. The number of rotatable bonds is 7. The average Bonchev–Trinajstić information content (AvgIpc) is 3.28. The maximum atomic E-state index is 12.2. The molecule has 0 atom stereocenters. The summed E-state index contributed by atoms with van der Waals surface area (Å²) >= 11 is 1.61. The first-order valence-corrected chi connectivity index (χ1v) is 9.45. The molecule has 0 saturated carbocycles. The Labute approximate surface area is 160 Å². The number of benzene rings is 2. The van der Waals surface area contributed by atoms with E-state index in [1.807, 2.05) is 42.5 Å². The predicted octanol–water partition coefficient (Wildman–Crippen LogP) is 3.82. The van der Waals surface area contributed by atoms with Crippen LogP contribution in [-0.2, 0) is 11.2 Å². The van der Waals surface area contributed by atoms with Crippen molar-refractivity contribution in [1.82, 2.24) is 10.3 Å². The van der Waals surface area contributed by atoms with Crippen LogP contribution in [0.5, 0.6) is 5.75 Å². The largest absolute Gasteiger partial charge is 0.497 e. The van der Waals surface area contributed by atoms with Crippen LogP contribution in [-0.4, -0.2) is 31.1 Å². The molecule has 7 heteroatoms. The summed E-state index contributed by atoms with van der Waals surface area (Å²) in [6.07, 6.45) is 1.91. The lowest BCUT2D eigenvalue weighted by Crippen LogP contribution is -2.29. The minimum absolute atomic E-state index is 0.0420. The van der Waals surface area contributed by atoms with E-state index in [4.69, 9.17) is 9.15 Å². The molecule has 0 unspecified atom stereocenters. The van der Waals surface area contributed by atoms with Gasteiger partial charge in [-0.15, -0.1) is 0 Å². The Morgan fingerprint density at radius 3 is 2.96 bits per heavy atom. The highest BCUT2D eigenvalue weighted by atomic mass is 32.1. The lowest BCUT2D eigenvalue weighted by Gasteiger charge is -2.05. The second-order valence-corrected chi connectivity index (χ2v) is 7.09. The second-order valence-electron chi connectivity index (χ2n) is 6.06. The van der Waals surface area contributed by atoms with Crippen LogP contribution in [0.2, 0.25) is 0 Å².